The van der Waals surface area contributed by atoms with E-state index in [-0.39, 0.29) is 0 Å². The molecule has 2 aromatic heterocycles. The minimum absolute atomic E-state index is 0.422. The van der Waals surface area contributed by atoms with Gasteiger partial charge in [0.25, 0.3) is 0 Å². The summed E-state index contributed by atoms with van der Waals surface area (Å²) in [5.41, 5.74) is 1.75. The molecule has 0 aliphatic rings. The molecule has 1 aromatic carbocycles. The molecule has 0 radical (unpaired) electrons. The first-order chi connectivity index (χ1) is 10.1. The average molecular weight is 306 g/mol. The predicted octanol–water partition coefficient (Wildman–Crippen LogP) is 2.46. The van der Waals surface area contributed by atoms with E-state index in [0.29, 0.717) is 34.5 Å². The van der Waals surface area contributed by atoms with E-state index in [1.807, 2.05) is 16.7 Å². The third-order valence-corrected chi connectivity index (χ3v) is 3.47. The number of aromatic amines is 1. The molecule has 0 saturated heterocycles. The first kappa shape index (κ1) is 13.6. The molecule has 0 bridgehead atoms. The number of fused-ring (bicyclic) bond motifs is 1. The van der Waals surface area contributed by atoms with Crippen LogP contribution in [0.3, 0.4) is 0 Å². The third-order valence-electron chi connectivity index (χ3n) is 3.15. The van der Waals surface area contributed by atoms with Gasteiger partial charge in [0.2, 0.25) is 5.89 Å². The fourth-order valence-electron chi connectivity index (χ4n) is 2.19. The van der Waals surface area contributed by atoms with Crippen LogP contribution in [-0.2, 0) is 6.54 Å². The SMILES string of the molecule is COc1cc2[nH]c(=S)n(Cc3noc(C)n3)c2cc1OC. The second-order valence-electron chi connectivity index (χ2n) is 4.47. The third kappa shape index (κ3) is 2.38. The van der Waals surface area contributed by atoms with Gasteiger partial charge in [0, 0.05) is 19.1 Å². The molecule has 2 heterocycles. The Balaban J connectivity index is 2.13. The summed E-state index contributed by atoms with van der Waals surface area (Å²) in [6, 6.07) is 3.72. The van der Waals surface area contributed by atoms with Gasteiger partial charge in [-0.05, 0) is 12.2 Å². The summed E-state index contributed by atoms with van der Waals surface area (Å²) < 4.78 is 18.1. The van der Waals surface area contributed by atoms with Crippen molar-refractivity contribution in [3.05, 3.63) is 28.6 Å². The highest BCUT2D eigenvalue weighted by molar-refractivity contribution is 7.71. The molecule has 0 fully saturated rings. The molecule has 0 unspecified atom stereocenters. The zero-order valence-corrected chi connectivity index (χ0v) is 12.7. The molecule has 3 aromatic rings. The van der Waals surface area contributed by atoms with Gasteiger partial charge in [0.1, 0.15) is 0 Å². The molecule has 7 nitrogen and oxygen atoms in total. The van der Waals surface area contributed by atoms with Crippen LogP contribution in [0.25, 0.3) is 11.0 Å². The quantitative estimate of drug-likeness (QED) is 0.746. The van der Waals surface area contributed by atoms with Crippen molar-refractivity contribution in [3.63, 3.8) is 0 Å². The Morgan fingerprint density at radius 2 is 2.00 bits per heavy atom. The van der Waals surface area contributed by atoms with Crippen molar-refractivity contribution >= 4 is 23.3 Å². The largest absolute Gasteiger partial charge is 0.493 e. The fourth-order valence-corrected chi connectivity index (χ4v) is 2.46. The lowest BCUT2D eigenvalue weighted by molar-refractivity contribution is 0.355. The standard InChI is InChI=1S/C13H14N4O3S/c1-7-14-12(16-20-7)6-17-9-5-11(19-3)10(18-2)4-8(9)15-13(17)21/h4-5H,6H2,1-3H3,(H,15,21). The van der Waals surface area contributed by atoms with Gasteiger partial charge in [0.05, 0.1) is 31.8 Å². The van der Waals surface area contributed by atoms with Crippen molar-refractivity contribution in [1.29, 1.82) is 0 Å². The molecule has 21 heavy (non-hydrogen) atoms. The summed E-state index contributed by atoms with van der Waals surface area (Å²) in [4.78, 5) is 7.33. The van der Waals surface area contributed by atoms with Gasteiger partial charge in [-0.15, -0.1) is 0 Å². The van der Waals surface area contributed by atoms with Crippen molar-refractivity contribution < 1.29 is 14.0 Å². The van der Waals surface area contributed by atoms with Gasteiger partial charge in [-0.25, -0.2) is 0 Å². The molecule has 0 aliphatic carbocycles. The van der Waals surface area contributed by atoms with Gasteiger partial charge in [-0.2, -0.15) is 4.98 Å². The lowest BCUT2D eigenvalue weighted by atomic mass is 10.2. The molecule has 0 saturated carbocycles. The zero-order chi connectivity index (χ0) is 15.0. The van der Waals surface area contributed by atoms with Crippen LogP contribution in [0.5, 0.6) is 11.5 Å². The van der Waals surface area contributed by atoms with E-state index >= 15 is 0 Å². The summed E-state index contributed by atoms with van der Waals surface area (Å²) in [6.07, 6.45) is 0. The van der Waals surface area contributed by atoms with E-state index in [1.54, 1.807) is 21.1 Å². The minimum atomic E-state index is 0.422. The van der Waals surface area contributed by atoms with Crippen LogP contribution in [0.4, 0.5) is 0 Å². The Kier molecular flexibility index (Phi) is 3.38. The van der Waals surface area contributed by atoms with Gasteiger partial charge in [-0.1, -0.05) is 5.16 Å². The highest BCUT2D eigenvalue weighted by Gasteiger charge is 2.13. The molecule has 0 amide bonds. The molecule has 0 aliphatic heterocycles. The molecular formula is C13H14N4O3S. The number of aromatic nitrogens is 4. The summed E-state index contributed by atoms with van der Waals surface area (Å²) in [5, 5.41) is 3.89. The van der Waals surface area contributed by atoms with Crippen LogP contribution in [0, 0.1) is 11.7 Å². The maximum Gasteiger partial charge on any atom is 0.223 e. The smallest absolute Gasteiger partial charge is 0.223 e. The monoisotopic (exact) mass is 306 g/mol. The van der Waals surface area contributed by atoms with Crippen molar-refractivity contribution in [2.75, 3.05) is 14.2 Å². The number of H-pyrrole nitrogens is 1. The molecule has 3 rings (SSSR count). The fraction of sp³-hybridized carbons (Fsp3) is 0.308. The number of ether oxygens (including phenoxy) is 2. The first-order valence-electron chi connectivity index (χ1n) is 6.26. The van der Waals surface area contributed by atoms with E-state index in [9.17, 15) is 0 Å². The lowest BCUT2D eigenvalue weighted by Crippen LogP contribution is -2.02. The van der Waals surface area contributed by atoms with Gasteiger partial charge in [-0.3, -0.25) is 0 Å². The summed E-state index contributed by atoms with van der Waals surface area (Å²) in [5.74, 6) is 2.37. The maximum absolute atomic E-state index is 5.36. The highest BCUT2D eigenvalue weighted by atomic mass is 32.1. The molecular weight excluding hydrogens is 292 g/mol. The second kappa shape index (κ2) is 5.21. The van der Waals surface area contributed by atoms with Crippen LogP contribution in [0.2, 0.25) is 0 Å². The van der Waals surface area contributed by atoms with Crippen LogP contribution >= 0.6 is 12.2 Å². The van der Waals surface area contributed by atoms with Gasteiger partial charge >= 0.3 is 0 Å². The predicted molar refractivity (Wildman–Crippen MR) is 78.4 cm³/mol. The molecule has 0 atom stereocenters. The molecule has 0 spiro atoms. The minimum Gasteiger partial charge on any atom is -0.493 e. The van der Waals surface area contributed by atoms with Crippen molar-refractivity contribution in [2.24, 2.45) is 0 Å². The number of benzene rings is 1. The number of rotatable bonds is 4. The molecule has 1 N–H and O–H groups in total. The number of hydrogen-bond donors (Lipinski definition) is 1. The van der Waals surface area contributed by atoms with Crippen molar-refractivity contribution in [2.45, 2.75) is 13.5 Å². The number of nitrogens with one attached hydrogen (secondary N) is 1. The van der Waals surface area contributed by atoms with E-state index in [1.165, 1.54) is 0 Å². The van der Waals surface area contributed by atoms with Crippen molar-refractivity contribution in [3.8, 4) is 11.5 Å². The lowest BCUT2D eigenvalue weighted by Gasteiger charge is -2.08. The molecule has 110 valence electrons. The first-order valence-corrected chi connectivity index (χ1v) is 6.67. The Hall–Kier alpha value is -2.35. The average Bonchev–Trinajstić information content (AvgIpc) is 3.02. The van der Waals surface area contributed by atoms with E-state index in [0.717, 1.165) is 11.0 Å². The number of aryl methyl sites for hydroxylation is 1. The Labute approximate surface area is 125 Å². The van der Waals surface area contributed by atoms with Gasteiger partial charge in [0.15, 0.2) is 22.1 Å². The summed E-state index contributed by atoms with van der Waals surface area (Å²) in [7, 11) is 3.19. The van der Waals surface area contributed by atoms with Crippen LogP contribution < -0.4 is 9.47 Å². The number of nitrogens with zero attached hydrogens (tertiary/aromatic N) is 3. The van der Waals surface area contributed by atoms with Crippen LogP contribution in [0.1, 0.15) is 11.7 Å². The normalized spacial score (nSPS) is 11.0. The Bertz CT molecular complexity index is 849. The van der Waals surface area contributed by atoms with Crippen LogP contribution in [-0.4, -0.2) is 33.9 Å². The number of hydrogen-bond acceptors (Lipinski definition) is 6. The second-order valence-corrected chi connectivity index (χ2v) is 4.86. The van der Waals surface area contributed by atoms with Crippen molar-refractivity contribution in [1.82, 2.24) is 19.7 Å². The topological polar surface area (TPSA) is 78.1 Å². The maximum atomic E-state index is 5.36. The number of methoxy groups -OCH3 is 2. The summed E-state index contributed by atoms with van der Waals surface area (Å²) in [6.45, 7) is 2.17. The van der Waals surface area contributed by atoms with E-state index < -0.39 is 0 Å². The summed E-state index contributed by atoms with van der Waals surface area (Å²) >= 11 is 5.36. The van der Waals surface area contributed by atoms with Crippen LogP contribution in [0.15, 0.2) is 16.7 Å². The number of imidazole rings is 1. The van der Waals surface area contributed by atoms with E-state index in [2.05, 4.69) is 15.1 Å². The zero-order valence-electron chi connectivity index (χ0n) is 11.8. The van der Waals surface area contributed by atoms with E-state index in [4.69, 9.17) is 26.2 Å². The highest BCUT2D eigenvalue weighted by Crippen LogP contribution is 2.32. The Morgan fingerprint density at radius 3 is 2.62 bits per heavy atom. The Morgan fingerprint density at radius 1 is 1.29 bits per heavy atom. The van der Waals surface area contributed by atoms with Gasteiger partial charge < -0.3 is 23.5 Å². The molecule has 8 heteroatoms.